The summed E-state index contributed by atoms with van der Waals surface area (Å²) in [4.78, 5) is 0. The van der Waals surface area contributed by atoms with E-state index in [1.54, 1.807) is 0 Å². The van der Waals surface area contributed by atoms with Crippen LogP contribution < -0.4 is 5.46 Å². The molecule has 1 aliphatic rings. The van der Waals surface area contributed by atoms with Gasteiger partial charge in [0.2, 0.25) is 0 Å². The van der Waals surface area contributed by atoms with Crippen LogP contribution >= 0.6 is 11.3 Å². The second-order valence-corrected chi connectivity index (χ2v) is 8.36. The Kier molecular flexibility index (Phi) is 3.15. The van der Waals surface area contributed by atoms with Gasteiger partial charge in [-0.25, -0.2) is 0 Å². The van der Waals surface area contributed by atoms with Crippen molar-refractivity contribution in [3.8, 4) is 22.3 Å². The molecular formula is C25H15BS. The lowest BCUT2D eigenvalue weighted by atomic mass is 9.95. The summed E-state index contributed by atoms with van der Waals surface area (Å²) in [6.07, 6.45) is 1.04. The van der Waals surface area contributed by atoms with Crippen molar-refractivity contribution in [3.63, 3.8) is 0 Å². The Bertz CT molecular complexity index is 1360. The lowest BCUT2D eigenvalue weighted by molar-refractivity contribution is 1.26. The van der Waals surface area contributed by atoms with Gasteiger partial charge in [-0.3, -0.25) is 0 Å². The van der Waals surface area contributed by atoms with E-state index in [4.69, 9.17) is 7.85 Å². The van der Waals surface area contributed by atoms with Gasteiger partial charge in [0.1, 0.15) is 7.85 Å². The normalized spacial score (nSPS) is 12.4. The van der Waals surface area contributed by atoms with Gasteiger partial charge in [-0.1, -0.05) is 72.2 Å². The molecule has 0 bridgehead atoms. The van der Waals surface area contributed by atoms with Crippen LogP contribution in [-0.2, 0) is 6.42 Å². The lowest BCUT2D eigenvalue weighted by Gasteiger charge is -2.07. The van der Waals surface area contributed by atoms with E-state index in [0.29, 0.717) is 0 Å². The molecule has 0 saturated heterocycles. The number of benzene rings is 4. The number of hydrogen-bond donors (Lipinski definition) is 0. The summed E-state index contributed by atoms with van der Waals surface area (Å²) < 4.78 is 2.57. The first-order valence-corrected chi connectivity index (χ1v) is 10.0. The Morgan fingerprint density at radius 2 is 1.33 bits per heavy atom. The largest absolute Gasteiger partial charge is 0.135 e. The Labute approximate surface area is 163 Å². The van der Waals surface area contributed by atoms with Crippen molar-refractivity contribution in [2.75, 3.05) is 0 Å². The van der Waals surface area contributed by atoms with Crippen molar-refractivity contribution < 1.29 is 0 Å². The van der Waals surface area contributed by atoms with Crippen LogP contribution in [0.4, 0.5) is 0 Å². The summed E-state index contributed by atoms with van der Waals surface area (Å²) in [6, 6.07) is 28.7. The minimum atomic E-state index is 0.826. The van der Waals surface area contributed by atoms with Gasteiger partial charge in [0.05, 0.1) is 0 Å². The molecule has 0 aliphatic heterocycles. The molecule has 2 heteroatoms. The highest BCUT2D eigenvalue weighted by atomic mass is 32.1. The molecule has 0 atom stereocenters. The topological polar surface area (TPSA) is 0 Å². The highest BCUT2D eigenvalue weighted by Gasteiger charge is 2.18. The van der Waals surface area contributed by atoms with Crippen LogP contribution in [0.2, 0.25) is 0 Å². The van der Waals surface area contributed by atoms with E-state index in [-0.39, 0.29) is 0 Å². The van der Waals surface area contributed by atoms with Gasteiger partial charge in [-0.05, 0) is 51.9 Å². The predicted octanol–water partition coefficient (Wildman–Crippen LogP) is 6.09. The van der Waals surface area contributed by atoms with Crippen LogP contribution in [0.15, 0.2) is 78.9 Å². The van der Waals surface area contributed by atoms with Crippen molar-refractivity contribution in [1.29, 1.82) is 0 Å². The van der Waals surface area contributed by atoms with Gasteiger partial charge >= 0.3 is 0 Å². The van der Waals surface area contributed by atoms with Crippen LogP contribution in [0.3, 0.4) is 0 Å². The van der Waals surface area contributed by atoms with Crippen LogP contribution in [0.5, 0.6) is 0 Å². The Morgan fingerprint density at radius 1 is 0.630 bits per heavy atom. The van der Waals surface area contributed by atoms with Crippen molar-refractivity contribution in [3.05, 3.63) is 90.0 Å². The van der Waals surface area contributed by atoms with Crippen LogP contribution in [0.25, 0.3) is 42.4 Å². The van der Waals surface area contributed by atoms with Gasteiger partial charge < -0.3 is 0 Å². The zero-order valence-corrected chi connectivity index (χ0v) is 15.5. The average molecular weight is 358 g/mol. The maximum Gasteiger partial charge on any atom is 0.113 e. The fraction of sp³-hybridized carbons (Fsp3) is 0.0400. The van der Waals surface area contributed by atoms with E-state index < -0.39 is 0 Å². The molecule has 0 nitrogen and oxygen atoms in total. The second kappa shape index (κ2) is 5.58. The number of rotatable bonds is 1. The Morgan fingerprint density at radius 3 is 2.26 bits per heavy atom. The average Bonchev–Trinajstić information content (AvgIpc) is 3.24. The lowest BCUT2D eigenvalue weighted by Crippen LogP contribution is -1.98. The maximum atomic E-state index is 5.96. The quantitative estimate of drug-likeness (QED) is 0.312. The first kappa shape index (κ1) is 15.2. The molecule has 2 radical (unpaired) electrons. The molecule has 0 saturated carbocycles. The standard InChI is InChI=1S/C25H15BS/c26-19-8-10-22-21-9-7-16(13-24(21)27-25(22)14-19)15-5-6-18-11-17-3-1-2-4-20(17)23(18)12-15/h1-10,12-14H,11H2. The van der Waals surface area contributed by atoms with Crippen molar-refractivity contribution >= 4 is 44.8 Å². The summed E-state index contributed by atoms with van der Waals surface area (Å²) in [5.41, 5.74) is 9.01. The SMILES string of the molecule is [B]c1ccc2c(c1)sc1cc(-c3ccc4c(c3)-c3ccccc3C4)ccc12. The van der Waals surface area contributed by atoms with E-state index in [2.05, 4.69) is 72.8 Å². The van der Waals surface area contributed by atoms with Gasteiger partial charge in [0.15, 0.2) is 0 Å². The van der Waals surface area contributed by atoms with Crippen molar-refractivity contribution in [2.45, 2.75) is 6.42 Å². The second-order valence-electron chi connectivity index (χ2n) is 7.27. The third-order valence-corrected chi connectivity index (χ3v) is 6.74. The first-order valence-electron chi connectivity index (χ1n) is 9.20. The molecule has 1 aliphatic carbocycles. The Hall–Kier alpha value is -2.84. The van der Waals surface area contributed by atoms with Gasteiger partial charge in [0.25, 0.3) is 0 Å². The van der Waals surface area contributed by atoms with Crippen LogP contribution in [0.1, 0.15) is 11.1 Å². The monoisotopic (exact) mass is 358 g/mol. The summed E-state index contributed by atoms with van der Waals surface area (Å²) in [6.45, 7) is 0. The third-order valence-electron chi connectivity index (χ3n) is 5.63. The number of hydrogen-bond acceptors (Lipinski definition) is 1. The highest BCUT2D eigenvalue weighted by Crippen LogP contribution is 2.40. The molecule has 1 aromatic heterocycles. The van der Waals surface area contributed by atoms with Gasteiger partial charge in [-0.2, -0.15) is 0 Å². The van der Waals surface area contributed by atoms with Crippen molar-refractivity contribution in [2.24, 2.45) is 0 Å². The van der Waals surface area contributed by atoms with Crippen LogP contribution in [0, 0.1) is 0 Å². The van der Waals surface area contributed by atoms with E-state index in [9.17, 15) is 0 Å². The minimum absolute atomic E-state index is 0.826. The fourth-order valence-corrected chi connectivity index (χ4v) is 5.47. The fourth-order valence-electron chi connectivity index (χ4n) is 4.28. The molecule has 4 aromatic carbocycles. The summed E-state index contributed by atoms with van der Waals surface area (Å²) in [5, 5.41) is 2.60. The highest BCUT2D eigenvalue weighted by molar-refractivity contribution is 7.25. The summed E-state index contributed by atoms with van der Waals surface area (Å²) in [5.74, 6) is 0. The zero-order chi connectivity index (χ0) is 18.0. The maximum absolute atomic E-state index is 5.96. The molecular weight excluding hydrogens is 343 g/mol. The van der Waals surface area contributed by atoms with Crippen molar-refractivity contribution in [1.82, 2.24) is 0 Å². The molecule has 27 heavy (non-hydrogen) atoms. The first-order chi connectivity index (χ1) is 13.3. The van der Waals surface area contributed by atoms with Crippen LogP contribution in [-0.4, -0.2) is 7.85 Å². The molecule has 0 amide bonds. The molecule has 0 N–H and O–H groups in total. The minimum Gasteiger partial charge on any atom is -0.135 e. The molecule has 0 fully saturated rings. The summed E-state index contributed by atoms with van der Waals surface area (Å²) in [7, 11) is 5.96. The molecule has 124 valence electrons. The molecule has 6 rings (SSSR count). The van der Waals surface area contributed by atoms with Gasteiger partial charge in [0, 0.05) is 20.2 Å². The number of fused-ring (bicyclic) bond motifs is 6. The molecule has 0 spiro atoms. The van der Waals surface area contributed by atoms with Gasteiger partial charge in [-0.15, -0.1) is 11.3 Å². The Balaban J connectivity index is 1.52. The van der Waals surface area contributed by atoms with E-state index in [1.165, 1.54) is 53.6 Å². The third kappa shape index (κ3) is 2.30. The number of thiophene rings is 1. The summed E-state index contributed by atoms with van der Waals surface area (Å²) >= 11 is 1.82. The zero-order valence-electron chi connectivity index (χ0n) is 14.7. The van der Waals surface area contributed by atoms with E-state index >= 15 is 0 Å². The molecule has 5 aromatic rings. The molecule has 1 heterocycles. The smallest absolute Gasteiger partial charge is 0.113 e. The predicted molar refractivity (Wildman–Crippen MR) is 118 cm³/mol. The van der Waals surface area contributed by atoms with E-state index in [1.807, 2.05) is 17.4 Å². The molecule has 0 unspecified atom stereocenters. The van der Waals surface area contributed by atoms with E-state index in [0.717, 1.165) is 11.9 Å².